The van der Waals surface area contributed by atoms with E-state index in [2.05, 4.69) is 15.3 Å². The number of nitrogens with zero attached hydrogens (tertiary/aromatic N) is 3. The van der Waals surface area contributed by atoms with Crippen LogP contribution in [0.15, 0.2) is 41.5 Å². The van der Waals surface area contributed by atoms with Gasteiger partial charge in [0.05, 0.1) is 36.3 Å². The molecular formula is C21H24Cl2F2N4O3. The van der Waals surface area contributed by atoms with Gasteiger partial charge in [-0.15, -0.1) is 24.8 Å². The van der Waals surface area contributed by atoms with Gasteiger partial charge in [-0.1, -0.05) is 0 Å². The Morgan fingerprint density at radius 3 is 2.69 bits per heavy atom. The van der Waals surface area contributed by atoms with Crippen molar-refractivity contribution in [2.24, 2.45) is 0 Å². The minimum atomic E-state index is -1.00. The predicted octanol–water partition coefficient (Wildman–Crippen LogP) is 2.44. The van der Waals surface area contributed by atoms with Crippen molar-refractivity contribution in [1.82, 2.24) is 19.9 Å². The average molecular weight is 489 g/mol. The minimum absolute atomic E-state index is 0. The average Bonchev–Trinajstić information content (AvgIpc) is 2.74. The highest BCUT2D eigenvalue weighted by Gasteiger charge is 2.25. The van der Waals surface area contributed by atoms with Gasteiger partial charge in [-0.2, -0.15) is 0 Å². The van der Waals surface area contributed by atoms with Gasteiger partial charge in [0.1, 0.15) is 0 Å². The molecule has 0 aliphatic carbocycles. The first kappa shape index (κ1) is 26.1. The zero-order valence-electron chi connectivity index (χ0n) is 16.9. The lowest BCUT2D eigenvalue weighted by Crippen LogP contribution is -2.47. The second kappa shape index (κ2) is 11.1. The summed E-state index contributed by atoms with van der Waals surface area (Å²) in [6.07, 6.45) is 1.82. The number of pyridine rings is 1. The van der Waals surface area contributed by atoms with E-state index in [1.807, 2.05) is 0 Å². The molecular weight excluding hydrogens is 465 g/mol. The Kier molecular flexibility index (Phi) is 9.06. The zero-order valence-corrected chi connectivity index (χ0v) is 18.6. The van der Waals surface area contributed by atoms with Crippen LogP contribution in [0.1, 0.15) is 19.3 Å². The third-order valence-corrected chi connectivity index (χ3v) is 5.37. The Morgan fingerprint density at radius 2 is 1.97 bits per heavy atom. The summed E-state index contributed by atoms with van der Waals surface area (Å²) in [7, 11) is 0. The standard InChI is InChI=1S/C21H22F2N4O3.2ClH/c22-14-4-3-12(8-15(14)23)16-5-6-17-20(26-16)21(30)27(11-25-17)10-13(28)9-18-19(29)2-1-7-24-18;;/h3-6,8,11,13,18-19,24,28-29H,1-2,7,9-10H2;2*1H/t13?,18-,19+;;/m1../s1. The molecule has 0 bridgehead atoms. The molecule has 174 valence electrons. The molecule has 1 fully saturated rings. The van der Waals surface area contributed by atoms with Crippen molar-refractivity contribution in [1.29, 1.82) is 0 Å². The summed E-state index contributed by atoms with van der Waals surface area (Å²) in [6, 6.07) is 6.34. The molecule has 3 aromatic rings. The fourth-order valence-corrected chi connectivity index (χ4v) is 3.75. The summed E-state index contributed by atoms with van der Waals surface area (Å²) in [4.78, 5) is 21.4. The molecule has 1 aliphatic heterocycles. The molecule has 3 atom stereocenters. The Morgan fingerprint density at radius 1 is 1.19 bits per heavy atom. The van der Waals surface area contributed by atoms with E-state index in [0.717, 1.165) is 25.1 Å². The van der Waals surface area contributed by atoms with E-state index < -0.39 is 29.4 Å². The molecule has 2 aromatic heterocycles. The third-order valence-electron chi connectivity index (χ3n) is 5.37. The Bertz CT molecular complexity index is 1130. The molecule has 7 nitrogen and oxygen atoms in total. The van der Waals surface area contributed by atoms with E-state index >= 15 is 0 Å². The highest BCUT2D eigenvalue weighted by molar-refractivity contribution is 5.85. The number of aliphatic hydroxyl groups excluding tert-OH is 2. The van der Waals surface area contributed by atoms with Gasteiger partial charge >= 0.3 is 0 Å². The number of hydrogen-bond donors (Lipinski definition) is 3. The molecule has 1 saturated heterocycles. The second-order valence-electron chi connectivity index (χ2n) is 7.55. The predicted molar refractivity (Wildman–Crippen MR) is 121 cm³/mol. The molecule has 1 unspecified atom stereocenters. The van der Waals surface area contributed by atoms with E-state index in [4.69, 9.17) is 0 Å². The molecule has 1 aromatic carbocycles. The van der Waals surface area contributed by atoms with Crippen molar-refractivity contribution in [3.05, 3.63) is 58.6 Å². The van der Waals surface area contributed by atoms with Crippen LogP contribution in [0.25, 0.3) is 22.3 Å². The number of nitrogens with one attached hydrogen (secondary N) is 1. The van der Waals surface area contributed by atoms with Crippen LogP contribution in [0.4, 0.5) is 8.78 Å². The zero-order chi connectivity index (χ0) is 21.3. The van der Waals surface area contributed by atoms with Gasteiger partial charge in [0, 0.05) is 11.6 Å². The molecule has 3 N–H and O–H groups in total. The number of aromatic nitrogens is 3. The number of piperidine rings is 1. The number of fused-ring (bicyclic) bond motifs is 1. The number of aliphatic hydroxyl groups is 2. The smallest absolute Gasteiger partial charge is 0.279 e. The van der Waals surface area contributed by atoms with Gasteiger partial charge in [0.25, 0.3) is 5.56 Å². The van der Waals surface area contributed by atoms with Crippen LogP contribution < -0.4 is 10.9 Å². The van der Waals surface area contributed by atoms with Crippen LogP contribution in [0, 0.1) is 11.6 Å². The van der Waals surface area contributed by atoms with Gasteiger partial charge in [0.2, 0.25) is 0 Å². The molecule has 1 aliphatic rings. The first-order valence-electron chi connectivity index (χ1n) is 9.83. The first-order valence-corrected chi connectivity index (χ1v) is 9.83. The van der Waals surface area contributed by atoms with Gasteiger partial charge in [-0.05, 0) is 56.1 Å². The molecule has 3 heterocycles. The summed E-state index contributed by atoms with van der Waals surface area (Å²) in [5, 5.41) is 23.6. The largest absolute Gasteiger partial charge is 0.392 e. The van der Waals surface area contributed by atoms with Gasteiger partial charge in [-0.3, -0.25) is 9.36 Å². The molecule has 0 saturated carbocycles. The van der Waals surface area contributed by atoms with Crippen LogP contribution in [0.3, 0.4) is 0 Å². The normalized spacial score (nSPS) is 19.1. The molecule has 4 rings (SSSR count). The first-order chi connectivity index (χ1) is 14.4. The summed E-state index contributed by atoms with van der Waals surface area (Å²) in [6.45, 7) is 0.784. The van der Waals surface area contributed by atoms with Crippen LogP contribution >= 0.6 is 24.8 Å². The molecule has 0 amide bonds. The quantitative estimate of drug-likeness (QED) is 0.509. The highest BCUT2D eigenvalue weighted by Crippen LogP contribution is 2.21. The highest BCUT2D eigenvalue weighted by atomic mass is 35.5. The Labute approximate surface area is 195 Å². The SMILES string of the molecule is Cl.Cl.O=c1c2nc(-c3ccc(F)c(F)c3)ccc2ncn1CC(O)C[C@H]1NCCC[C@@H]1O. The Hall–Kier alpha value is -2.17. The molecule has 32 heavy (non-hydrogen) atoms. The van der Waals surface area contributed by atoms with Crippen LogP contribution in [-0.4, -0.2) is 49.5 Å². The summed E-state index contributed by atoms with van der Waals surface area (Å²) in [5.74, 6) is -1.96. The number of hydrogen-bond acceptors (Lipinski definition) is 6. The van der Waals surface area contributed by atoms with Gasteiger partial charge in [-0.25, -0.2) is 18.7 Å². The van der Waals surface area contributed by atoms with E-state index in [-0.39, 0.29) is 42.9 Å². The maximum atomic E-state index is 13.6. The monoisotopic (exact) mass is 488 g/mol. The van der Waals surface area contributed by atoms with Crippen LogP contribution in [0.5, 0.6) is 0 Å². The summed E-state index contributed by atoms with van der Waals surface area (Å²) in [5.41, 5.74) is 0.640. The summed E-state index contributed by atoms with van der Waals surface area (Å²) < 4.78 is 28.0. The van der Waals surface area contributed by atoms with Crippen molar-refractivity contribution in [3.63, 3.8) is 0 Å². The maximum absolute atomic E-state index is 13.6. The van der Waals surface area contributed by atoms with Crippen LogP contribution in [0.2, 0.25) is 0 Å². The Balaban J connectivity index is 0.00000181. The van der Waals surface area contributed by atoms with E-state index in [1.165, 1.54) is 17.0 Å². The van der Waals surface area contributed by atoms with Crippen molar-refractivity contribution >= 4 is 35.8 Å². The van der Waals surface area contributed by atoms with Gasteiger partial charge in [0.15, 0.2) is 17.2 Å². The van der Waals surface area contributed by atoms with E-state index in [1.54, 1.807) is 12.1 Å². The maximum Gasteiger partial charge on any atom is 0.279 e. The third kappa shape index (κ3) is 5.60. The molecule has 0 radical (unpaired) electrons. The number of benzene rings is 1. The number of rotatable bonds is 5. The van der Waals surface area contributed by atoms with E-state index in [9.17, 15) is 23.8 Å². The lowest BCUT2D eigenvalue weighted by Gasteiger charge is -2.30. The van der Waals surface area contributed by atoms with Crippen molar-refractivity contribution in [2.75, 3.05) is 6.54 Å². The minimum Gasteiger partial charge on any atom is -0.392 e. The van der Waals surface area contributed by atoms with E-state index in [0.29, 0.717) is 29.6 Å². The fraction of sp³-hybridized carbons (Fsp3) is 0.381. The van der Waals surface area contributed by atoms with Crippen molar-refractivity contribution in [3.8, 4) is 11.3 Å². The fourth-order valence-electron chi connectivity index (χ4n) is 3.75. The van der Waals surface area contributed by atoms with Crippen molar-refractivity contribution < 1.29 is 19.0 Å². The number of halogens is 4. The van der Waals surface area contributed by atoms with Crippen LogP contribution in [-0.2, 0) is 6.54 Å². The molecule has 0 spiro atoms. The van der Waals surface area contributed by atoms with Crippen molar-refractivity contribution in [2.45, 2.75) is 44.1 Å². The lowest BCUT2D eigenvalue weighted by molar-refractivity contribution is 0.0539. The van der Waals surface area contributed by atoms with Gasteiger partial charge < -0.3 is 15.5 Å². The lowest BCUT2D eigenvalue weighted by atomic mass is 9.96. The topological polar surface area (TPSA) is 100 Å². The second-order valence-corrected chi connectivity index (χ2v) is 7.55. The molecule has 11 heteroatoms. The summed E-state index contributed by atoms with van der Waals surface area (Å²) >= 11 is 0.